The van der Waals surface area contributed by atoms with E-state index in [2.05, 4.69) is 0 Å². The van der Waals surface area contributed by atoms with Crippen molar-refractivity contribution in [3.63, 3.8) is 0 Å². The molecule has 3 aliphatic rings. The zero-order chi connectivity index (χ0) is 25.2. The van der Waals surface area contributed by atoms with Crippen LogP contribution < -0.4 is 0 Å². The summed E-state index contributed by atoms with van der Waals surface area (Å²) >= 11 is 0. The molecule has 16 heteroatoms. The molecule has 0 spiro atoms. The first-order valence-electron chi connectivity index (χ1n) is 10.5. The van der Waals surface area contributed by atoms with Gasteiger partial charge >= 0.3 is 0 Å². The fraction of sp³-hybridized carbons (Fsp3) is 1.00. The van der Waals surface area contributed by atoms with Gasteiger partial charge in [-0.3, -0.25) is 0 Å². The van der Waals surface area contributed by atoms with Crippen molar-refractivity contribution >= 4 is 0 Å². The molecule has 0 saturated carbocycles. The van der Waals surface area contributed by atoms with E-state index in [0.29, 0.717) is 0 Å². The summed E-state index contributed by atoms with van der Waals surface area (Å²) in [5, 5.41) is 98.6. The number of hydrogen-bond donors (Lipinski definition) is 10. The van der Waals surface area contributed by atoms with E-state index in [9.17, 15) is 51.1 Å². The molecule has 5 unspecified atom stereocenters. The fourth-order valence-electron chi connectivity index (χ4n) is 3.94. The first-order chi connectivity index (χ1) is 16.1. The number of aliphatic hydroxyl groups is 10. The maximum atomic E-state index is 10.6. The summed E-state index contributed by atoms with van der Waals surface area (Å²) in [4.78, 5) is 0. The third-order valence-corrected chi connectivity index (χ3v) is 5.99. The standard InChI is InChI=1S/C18H32O16/c19-1-7-9(23)11(25)12(26)16(32-7)31-5-30-14-6(22)3-29-17(13(14)27)34-18(4-21)15(28)10(24)8(2-20)33-18/h6-17,19-28H,1-5H2/t6-,7?,8-,9+,10-,11?,12?,13?,14-,15?,16+,17+,18+/m1/s1. The van der Waals surface area contributed by atoms with Gasteiger partial charge in [0, 0.05) is 0 Å². The Kier molecular flexibility index (Phi) is 9.54. The second-order valence-electron chi connectivity index (χ2n) is 8.23. The summed E-state index contributed by atoms with van der Waals surface area (Å²) in [6.45, 7) is -3.49. The van der Waals surface area contributed by atoms with E-state index in [0.717, 1.165) is 0 Å². The summed E-state index contributed by atoms with van der Waals surface area (Å²) in [5.74, 6) is -2.25. The molecule has 0 amide bonds. The molecule has 34 heavy (non-hydrogen) atoms. The second kappa shape index (κ2) is 11.6. The third kappa shape index (κ3) is 5.37. The minimum absolute atomic E-state index is 0.434. The first-order valence-corrected chi connectivity index (χ1v) is 10.5. The van der Waals surface area contributed by atoms with E-state index in [1.165, 1.54) is 0 Å². The maximum Gasteiger partial charge on any atom is 0.224 e. The summed E-state index contributed by atoms with van der Waals surface area (Å²) in [5.41, 5.74) is 0. The molecule has 3 fully saturated rings. The third-order valence-electron chi connectivity index (χ3n) is 5.99. The van der Waals surface area contributed by atoms with Crippen molar-refractivity contribution in [2.75, 3.05) is 33.2 Å². The van der Waals surface area contributed by atoms with Crippen LogP contribution in [-0.2, 0) is 28.4 Å². The summed E-state index contributed by atoms with van der Waals surface area (Å²) < 4.78 is 31.5. The summed E-state index contributed by atoms with van der Waals surface area (Å²) in [6.07, 6.45) is -18.6. The minimum atomic E-state index is -2.25. The molecule has 0 aromatic carbocycles. The van der Waals surface area contributed by atoms with Crippen LogP contribution in [0, 0.1) is 0 Å². The van der Waals surface area contributed by atoms with Gasteiger partial charge in [-0.2, -0.15) is 0 Å². The lowest BCUT2D eigenvalue weighted by Crippen LogP contribution is -2.60. The van der Waals surface area contributed by atoms with Crippen molar-refractivity contribution in [3.8, 4) is 0 Å². The van der Waals surface area contributed by atoms with Crippen molar-refractivity contribution in [2.24, 2.45) is 0 Å². The van der Waals surface area contributed by atoms with Crippen LogP contribution in [-0.4, -0.2) is 164 Å². The number of ether oxygens (including phenoxy) is 6. The fourth-order valence-corrected chi connectivity index (χ4v) is 3.94. The minimum Gasteiger partial charge on any atom is -0.394 e. The van der Waals surface area contributed by atoms with Crippen LogP contribution in [0.3, 0.4) is 0 Å². The SMILES string of the molecule is OCC1O[C@H](OCO[C@H]2C(O)[C@H](O[C@]3(CO)O[C@H](CO)[C@@H](O)C3O)OC[C@H]2O)C(O)C(O)[C@H]1O. The highest BCUT2D eigenvalue weighted by Gasteiger charge is 2.58. The van der Waals surface area contributed by atoms with Crippen LogP contribution in [0.1, 0.15) is 0 Å². The molecule has 0 bridgehead atoms. The lowest BCUT2D eigenvalue weighted by atomic mass is 9.99. The Morgan fingerprint density at radius 1 is 0.735 bits per heavy atom. The molecule has 0 aromatic heterocycles. The molecule has 200 valence electrons. The van der Waals surface area contributed by atoms with E-state index in [1.54, 1.807) is 0 Å². The lowest BCUT2D eigenvalue weighted by molar-refractivity contribution is -0.378. The number of hydrogen-bond acceptors (Lipinski definition) is 16. The van der Waals surface area contributed by atoms with Crippen molar-refractivity contribution < 1.29 is 79.5 Å². The molecule has 0 aromatic rings. The van der Waals surface area contributed by atoms with E-state index in [4.69, 9.17) is 28.4 Å². The second-order valence-corrected chi connectivity index (χ2v) is 8.23. The Hall–Kier alpha value is -0.640. The van der Waals surface area contributed by atoms with Gasteiger partial charge in [0.15, 0.2) is 19.4 Å². The van der Waals surface area contributed by atoms with Crippen LogP contribution in [0.4, 0.5) is 0 Å². The van der Waals surface area contributed by atoms with Gasteiger partial charge in [-0.1, -0.05) is 0 Å². The van der Waals surface area contributed by atoms with E-state index in [-0.39, 0.29) is 0 Å². The normalized spacial score (nSPS) is 49.9. The zero-order valence-corrected chi connectivity index (χ0v) is 17.9. The van der Waals surface area contributed by atoms with Gasteiger partial charge < -0.3 is 79.5 Å². The van der Waals surface area contributed by atoms with E-state index >= 15 is 0 Å². The average Bonchev–Trinajstić information content (AvgIpc) is 3.07. The highest BCUT2D eigenvalue weighted by atomic mass is 16.8. The Labute approximate surface area is 193 Å². The van der Waals surface area contributed by atoms with Crippen LogP contribution in [0.2, 0.25) is 0 Å². The molecular formula is C18H32O16. The molecule has 10 N–H and O–H groups in total. The van der Waals surface area contributed by atoms with Gasteiger partial charge in [0.2, 0.25) is 5.79 Å². The molecule has 3 aliphatic heterocycles. The molecule has 3 saturated heterocycles. The molecule has 0 aliphatic carbocycles. The molecule has 16 nitrogen and oxygen atoms in total. The van der Waals surface area contributed by atoms with Gasteiger partial charge in [0.05, 0.1) is 19.8 Å². The van der Waals surface area contributed by atoms with Crippen LogP contribution in [0.15, 0.2) is 0 Å². The highest BCUT2D eigenvalue weighted by Crippen LogP contribution is 2.35. The molecule has 3 heterocycles. The zero-order valence-electron chi connectivity index (χ0n) is 17.9. The number of aliphatic hydroxyl groups excluding tert-OH is 10. The molecule has 0 radical (unpaired) electrons. The van der Waals surface area contributed by atoms with E-state index in [1.807, 2.05) is 0 Å². The monoisotopic (exact) mass is 504 g/mol. The van der Waals surface area contributed by atoms with Gasteiger partial charge in [-0.15, -0.1) is 0 Å². The van der Waals surface area contributed by atoms with Crippen LogP contribution in [0.5, 0.6) is 0 Å². The van der Waals surface area contributed by atoms with Gasteiger partial charge in [0.25, 0.3) is 0 Å². The van der Waals surface area contributed by atoms with Crippen molar-refractivity contribution in [1.82, 2.24) is 0 Å². The lowest BCUT2D eigenvalue weighted by Gasteiger charge is -2.42. The largest absolute Gasteiger partial charge is 0.394 e. The van der Waals surface area contributed by atoms with Gasteiger partial charge in [-0.25, -0.2) is 0 Å². The maximum absolute atomic E-state index is 10.6. The molecule has 3 rings (SSSR count). The Balaban J connectivity index is 1.59. The van der Waals surface area contributed by atoms with Gasteiger partial charge in [-0.05, 0) is 0 Å². The Bertz CT molecular complexity index is 639. The molecule has 13 atom stereocenters. The van der Waals surface area contributed by atoms with Gasteiger partial charge in [0.1, 0.15) is 67.6 Å². The van der Waals surface area contributed by atoms with Crippen molar-refractivity contribution in [3.05, 3.63) is 0 Å². The number of rotatable bonds is 9. The smallest absolute Gasteiger partial charge is 0.224 e. The highest BCUT2D eigenvalue weighted by molar-refractivity contribution is 4.98. The van der Waals surface area contributed by atoms with Crippen LogP contribution >= 0.6 is 0 Å². The summed E-state index contributed by atoms with van der Waals surface area (Å²) in [6, 6.07) is 0. The predicted octanol–water partition coefficient (Wildman–Crippen LogP) is -6.96. The summed E-state index contributed by atoms with van der Waals surface area (Å²) in [7, 11) is 0. The predicted molar refractivity (Wildman–Crippen MR) is 101 cm³/mol. The molecular weight excluding hydrogens is 472 g/mol. The quantitative estimate of drug-likeness (QED) is 0.131. The topological polar surface area (TPSA) is 258 Å². The van der Waals surface area contributed by atoms with E-state index < -0.39 is 113 Å². The average molecular weight is 504 g/mol. The van der Waals surface area contributed by atoms with Crippen molar-refractivity contribution in [2.45, 2.75) is 79.4 Å². The Morgan fingerprint density at radius 3 is 2.00 bits per heavy atom. The first kappa shape index (κ1) is 27.9. The van der Waals surface area contributed by atoms with Crippen LogP contribution in [0.25, 0.3) is 0 Å². The Morgan fingerprint density at radius 2 is 1.41 bits per heavy atom. The van der Waals surface area contributed by atoms with Crippen molar-refractivity contribution in [1.29, 1.82) is 0 Å².